The van der Waals surface area contributed by atoms with Crippen molar-refractivity contribution in [3.05, 3.63) is 46.4 Å². The Morgan fingerprint density at radius 3 is 2.72 bits per heavy atom. The number of anilines is 1. The second kappa shape index (κ2) is 5.14. The van der Waals surface area contributed by atoms with Crippen molar-refractivity contribution in [1.82, 2.24) is 0 Å². The fourth-order valence-corrected chi connectivity index (χ4v) is 2.43. The molecule has 0 saturated heterocycles. The Labute approximate surface area is 108 Å². The molecule has 6 heteroatoms. The van der Waals surface area contributed by atoms with Gasteiger partial charge >= 0.3 is 0 Å². The second-order valence-corrected chi connectivity index (χ2v) is 4.78. The normalized spacial score (nSPS) is 10.3. The minimum Gasteiger partial charge on any atom is -0.468 e. The van der Waals surface area contributed by atoms with E-state index in [1.807, 2.05) is 19.1 Å². The lowest BCUT2D eigenvalue weighted by Crippen LogP contribution is -1.93. The minimum absolute atomic E-state index is 0.0745. The molecule has 1 aromatic carbocycles. The van der Waals surface area contributed by atoms with E-state index in [-0.39, 0.29) is 5.69 Å². The van der Waals surface area contributed by atoms with Crippen LogP contribution >= 0.6 is 11.8 Å². The molecule has 0 radical (unpaired) electrons. The third-order valence-electron chi connectivity index (χ3n) is 2.43. The van der Waals surface area contributed by atoms with E-state index in [0.29, 0.717) is 5.69 Å². The maximum Gasteiger partial charge on any atom is 0.272 e. The Balaban J connectivity index is 2.35. The van der Waals surface area contributed by atoms with Gasteiger partial charge in [0.15, 0.2) is 0 Å². The van der Waals surface area contributed by atoms with Crippen LogP contribution in [0.2, 0.25) is 0 Å². The number of furan rings is 1. The first-order chi connectivity index (χ1) is 8.60. The average molecular weight is 264 g/mol. The molecule has 0 bridgehead atoms. The zero-order chi connectivity index (χ0) is 13.1. The highest BCUT2D eigenvalue weighted by Crippen LogP contribution is 2.34. The Bertz CT molecular complexity index is 580. The van der Waals surface area contributed by atoms with E-state index in [1.165, 1.54) is 17.8 Å². The van der Waals surface area contributed by atoms with Gasteiger partial charge in [0.25, 0.3) is 5.69 Å². The van der Waals surface area contributed by atoms with Crippen molar-refractivity contribution in [2.24, 2.45) is 0 Å². The zero-order valence-corrected chi connectivity index (χ0v) is 10.8. The molecule has 0 aliphatic carbocycles. The molecule has 0 aliphatic rings. The van der Waals surface area contributed by atoms with Crippen LogP contribution in [0, 0.1) is 17.0 Å². The lowest BCUT2D eigenvalue weighted by atomic mass is 10.3. The molecule has 1 N–H and O–H groups in total. The van der Waals surface area contributed by atoms with Gasteiger partial charge in [0.05, 0.1) is 16.1 Å². The standard InChI is InChI=1S/C12H12N2O3S/c1-8-12(3-4-17-8)18-11-6-9(13-2)5-10(7-11)14(15)16/h3-7,13H,1-2H3. The number of nitro groups is 1. The van der Waals surface area contributed by atoms with Crippen LogP contribution in [-0.2, 0) is 0 Å². The van der Waals surface area contributed by atoms with Gasteiger partial charge in [-0.2, -0.15) is 0 Å². The summed E-state index contributed by atoms with van der Waals surface area (Å²) in [6.45, 7) is 1.86. The van der Waals surface area contributed by atoms with Gasteiger partial charge in [0.1, 0.15) is 5.76 Å². The number of non-ortho nitro benzene ring substituents is 1. The Kier molecular flexibility index (Phi) is 3.57. The van der Waals surface area contributed by atoms with Gasteiger partial charge in [0, 0.05) is 29.8 Å². The number of nitrogens with zero attached hydrogens (tertiary/aromatic N) is 1. The smallest absolute Gasteiger partial charge is 0.272 e. The molecule has 94 valence electrons. The number of hydrogen-bond acceptors (Lipinski definition) is 5. The highest BCUT2D eigenvalue weighted by atomic mass is 32.2. The molecular weight excluding hydrogens is 252 g/mol. The molecule has 2 aromatic rings. The summed E-state index contributed by atoms with van der Waals surface area (Å²) in [6.07, 6.45) is 1.61. The van der Waals surface area contributed by atoms with Crippen molar-refractivity contribution in [2.45, 2.75) is 16.7 Å². The van der Waals surface area contributed by atoms with E-state index >= 15 is 0 Å². The van der Waals surface area contributed by atoms with E-state index in [2.05, 4.69) is 5.32 Å². The summed E-state index contributed by atoms with van der Waals surface area (Å²) in [5.41, 5.74) is 0.790. The van der Waals surface area contributed by atoms with Crippen LogP contribution in [0.3, 0.4) is 0 Å². The van der Waals surface area contributed by atoms with Crippen LogP contribution < -0.4 is 5.32 Å². The highest BCUT2D eigenvalue weighted by Gasteiger charge is 2.11. The summed E-state index contributed by atoms with van der Waals surface area (Å²) in [4.78, 5) is 12.2. The number of hydrogen-bond donors (Lipinski definition) is 1. The lowest BCUT2D eigenvalue weighted by Gasteiger charge is -2.04. The molecule has 1 heterocycles. The summed E-state index contributed by atoms with van der Waals surface area (Å²) in [5.74, 6) is 0.803. The number of nitro benzene ring substituents is 1. The monoisotopic (exact) mass is 264 g/mol. The summed E-state index contributed by atoms with van der Waals surface area (Å²) < 4.78 is 5.20. The lowest BCUT2D eigenvalue weighted by molar-refractivity contribution is -0.385. The van der Waals surface area contributed by atoms with Crippen LogP contribution in [0.5, 0.6) is 0 Å². The third-order valence-corrected chi connectivity index (χ3v) is 3.54. The van der Waals surface area contributed by atoms with E-state index in [9.17, 15) is 10.1 Å². The van der Waals surface area contributed by atoms with E-state index in [0.717, 1.165) is 15.6 Å². The Hall–Kier alpha value is -1.95. The van der Waals surface area contributed by atoms with Crippen LogP contribution in [0.25, 0.3) is 0 Å². The molecule has 2 rings (SSSR count). The largest absolute Gasteiger partial charge is 0.468 e. The number of rotatable bonds is 4. The van der Waals surface area contributed by atoms with E-state index in [4.69, 9.17) is 4.42 Å². The summed E-state index contributed by atoms with van der Waals surface area (Å²) in [6, 6.07) is 6.77. The average Bonchev–Trinajstić information content (AvgIpc) is 2.74. The van der Waals surface area contributed by atoms with Gasteiger partial charge in [0.2, 0.25) is 0 Å². The summed E-state index contributed by atoms with van der Waals surface area (Å²) >= 11 is 1.44. The molecule has 0 spiro atoms. The first-order valence-corrected chi connectivity index (χ1v) is 6.11. The van der Waals surface area contributed by atoms with Crippen molar-refractivity contribution < 1.29 is 9.34 Å². The van der Waals surface area contributed by atoms with Gasteiger partial charge < -0.3 is 9.73 Å². The number of nitrogens with one attached hydrogen (secondary N) is 1. The summed E-state index contributed by atoms with van der Waals surface area (Å²) in [5, 5.41) is 13.8. The van der Waals surface area contributed by atoms with E-state index in [1.54, 1.807) is 19.4 Å². The third kappa shape index (κ3) is 2.65. The second-order valence-electron chi connectivity index (χ2n) is 3.67. The predicted octanol–water partition coefficient (Wildman–Crippen LogP) is 3.69. The molecule has 0 unspecified atom stereocenters. The SMILES string of the molecule is CNc1cc(Sc2ccoc2C)cc([N+](=O)[O-])c1. The van der Waals surface area contributed by atoms with Crippen molar-refractivity contribution in [2.75, 3.05) is 12.4 Å². The van der Waals surface area contributed by atoms with Crippen LogP contribution in [-0.4, -0.2) is 12.0 Å². The van der Waals surface area contributed by atoms with Crippen LogP contribution in [0.1, 0.15) is 5.76 Å². The predicted molar refractivity (Wildman–Crippen MR) is 70.2 cm³/mol. The van der Waals surface area contributed by atoms with Crippen LogP contribution in [0.15, 0.2) is 44.7 Å². The van der Waals surface area contributed by atoms with Crippen molar-refractivity contribution in [1.29, 1.82) is 0 Å². The molecule has 1 aromatic heterocycles. The molecule has 0 aliphatic heterocycles. The van der Waals surface area contributed by atoms with Gasteiger partial charge in [-0.15, -0.1) is 0 Å². The first kappa shape index (κ1) is 12.5. The number of aryl methyl sites for hydroxylation is 1. The number of benzene rings is 1. The maximum atomic E-state index is 10.8. The molecule has 0 saturated carbocycles. The highest BCUT2D eigenvalue weighted by molar-refractivity contribution is 7.99. The Morgan fingerprint density at radius 2 is 2.17 bits per heavy atom. The fraction of sp³-hybridized carbons (Fsp3) is 0.167. The van der Waals surface area contributed by atoms with Gasteiger partial charge in [-0.25, -0.2) is 0 Å². The molecule has 0 atom stereocenters. The first-order valence-electron chi connectivity index (χ1n) is 5.29. The molecule has 0 amide bonds. The van der Waals surface area contributed by atoms with Gasteiger partial charge in [-0.3, -0.25) is 10.1 Å². The molecule has 18 heavy (non-hydrogen) atoms. The van der Waals surface area contributed by atoms with Gasteiger partial charge in [-0.1, -0.05) is 11.8 Å². The fourth-order valence-electron chi connectivity index (χ4n) is 1.50. The zero-order valence-electron chi connectivity index (χ0n) is 9.97. The van der Waals surface area contributed by atoms with Crippen molar-refractivity contribution in [3.63, 3.8) is 0 Å². The maximum absolute atomic E-state index is 10.8. The van der Waals surface area contributed by atoms with Crippen molar-refractivity contribution >= 4 is 23.1 Å². The quantitative estimate of drug-likeness (QED) is 0.673. The topological polar surface area (TPSA) is 68.3 Å². The molecular formula is C12H12N2O3S. The molecule has 5 nitrogen and oxygen atoms in total. The van der Waals surface area contributed by atoms with Crippen LogP contribution in [0.4, 0.5) is 11.4 Å². The van der Waals surface area contributed by atoms with Crippen molar-refractivity contribution in [3.8, 4) is 0 Å². The summed E-state index contributed by atoms with van der Waals surface area (Å²) in [7, 11) is 1.73. The van der Waals surface area contributed by atoms with Gasteiger partial charge in [-0.05, 0) is 19.1 Å². The van der Waals surface area contributed by atoms with E-state index < -0.39 is 4.92 Å². The Morgan fingerprint density at radius 1 is 1.39 bits per heavy atom. The minimum atomic E-state index is -0.396. The molecule has 0 fully saturated rings.